The SMILES string of the molecule is Cc1cccc(NC(=O)NC(C)(C)CCC(=O)O)c1C#N. The number of nitrogens with one attached hydrogen (secondary N) is 2. The van der Waals surface area contributed by atoms with Crippen molar-refractivity contribution in [2.24, 2.45) is 0 Å². The monoisotopic (exact) mass is 289 g/mol. The van der Waals surface area contributed by atoms with Gasteiger partial charge in [0.25, 0.3) is 0 Å². The maximum atomic E-state index is 12.0. The summed E-state index contributed by atoms with van der Waals surface area (Å²) >= 11 is 0. The van der Waals surface area contributed by atoms with Crippen LogP contribution in [0.25, 0.3) is 0 Å². The third-order valence-corrected chi connectivity index (χ3v) is 3.05. The zero-order valence-corrected chi connectivity index (χ0v) is 12.4. The molecule has 0 bridgehead atoms. The number of carbonyl (C=O) groups excluding carboxylic acids is 1. The highest BCUT2D eigenvalue weighted by atomic mass is 16.4. The summed E-state index contributed by atoms with van der Waals surface area (Å²) in [6.45, 7) is 5.28. The normalized spacial score (nSPS) is 10.6. The van der Waals surface area contributed by atoms with Crippen molar-refractivity contribution in [2.75, 3.05) is 5.32 Å². The number of anilines is 1. The van der Waals surface area contributed by atoms with Gasteiger partial charge in [0.1, 0.15) is 6.07 Å². The number of rotatable bonds is 5. The highest BCUT2D eigenvalue weighted by molar-refractivity contribution is 5.91. The third-order valence-electron chi connectivity index (χ3n) is 3.05. The molecule has 112 valence electrons. The lowest BCUT2D eigenvalue weighted by Gasteiger charge is -2.25. The molecule has 1 aromatic carbocycles. The summed E-state index contributed by atoms with van der Waals surface area (Å²) in [7, 11) is 0. The Morgan fingerprint density at radius 2 is 2.05 bits per heavy atom. The van der Waals surface area contributed by atoms with Gasteiger partial charge in [-0.3, -0.25) is 4.79 Å². The first kappa shape index (κ1) is 16.5. The average molecular weight is 289 g/mol. The summed E-state index contributed by atoms with van der Waals surface area (Å²) in [5.74, 6) is -0.907. The minimum Gasteiger partial charge on any atom is -0.481 e. The van der Waals surface area contributed by atoms with E-state index >= 15 is 0 Å². The number of nitrogens with zero attached hydrogens (tertiary/aromatic N) is 1. The molecule has 1 rings (SSSR count). The summed E-state index contributed by atoms with van der Waals surface area (Å²) in [6, 6.07) is 6.78. The van der Waals surface area contributed by atoms with E-state index in [0.29, 0.717) is 17.7 Å². The number of urea groups is 1. The topological polar surface area (TPSA) is 102 Å². The highest BCUT2D eigenvalue weighted by Crippen LogP contribution is 2.19. The lowest BCUT2D eigenvalue weighted by molar-refractivity contribution is -0.137. The van der Waals surface area contributed by atoms with Crippen LogP contribution in [-0.4, -0.2) is 22.6 Å². The van der Waals surface area contributed by atoms with Crippen LogP contribution in [0.1, 0.15) is 37.8 Å². The molecule has 3 N–H and O–H groups in total. The van der Waals surface area contributed by atoms with Crippen molar-refractivity contribution in [2.45, 2.75) is 39.2 Å². The van der Waals surface area contributed by atoms with E-state index < -0.39 is 17.5 Å². The van der Waals surface area contributed by atoms with Crippen LogP contribution in [-0.2, 0) is 4.79 Å². The first-order chi connectivity index (χ1) is 9.75. The van der Waals surface area contributed by atoms with Crippen molar-refractivity contribution >= 4 is 17.7 Å². The van der Waals surface area contributed by atoms with Crippen molar-refractivity contribution in [1.82, 2.24) is 5.32 Å². The fraction of sp³-hybridized carbons (Fsp3) is 0.400. The molecule has 0 heterocycles. The van der Waals surface area contributed by atoms with Gasteiger partial charge in [-0.15, -0.1) is 0 Å². The molecule has 0 spiro atoms. The second kappa shape index (κ2) is 6.75. The molecule has 1 aromatic rings. The molecule has 0 aliphatic carbocycles. The number of hydrogen-bond acceptors (Lipinski definition) is 3. The van der Waals surface area contributed by atoms with Crippen LogP contribution >= 0.6 is 0 Å². The molecule has 2 amide bonds. The number of benzene rings is 1. The van der Waals surface area contributed by atoms with Gasteiger partial charge in [-0.25, -0.2) is 4.79 Å². The molecular weight excluding hydrogens is 270 g/mol. The second-order valence-corrected chi connectivity index (χ2v) is 5.47. The van der Waals surface area contributed by atoms with Crippen molar-refractivity contribution in [3.05, 3.63) is 29.3 Å². The zero-order valence-electron chi connectivity index (χ0n) is 12.4. The molecular formula is C15H19N3O3. The van der Waals surface area contributed by atoms with Gasteiger partial charge in [0.2, 0.25) is 0 Å². The summed E-state index contributed by atoms with van der Waals surface area (Å²) in [4.78, 5) is 22.6. The molecule has 0 radical (unpaired) electrons. The summed E-state index contributed by atoms with van der Waals surface area (Å²) in [5.41, 5.74) is 0.972. The molecule has 0 aliphatic rings. The number of amides is 2. The van der Waals surface area contributed by atoms with Crippen LogP contribution < -0.4 is 10.6 Å². The van der Waals surface area contributed by atoms with Crippen molar-refractivity contribution < 1.29 is 14.7 Å². The quantitative estimate of drug-likeness (QED) is 0.775. The molecule has 0 saturated heterocycles. The van der Waals surface area contributed by atoms with Gasteiger partial charge in [-0.05, 0) is 38.8 Å². The van der Waals surface area contributed by atoms with Crippen LogP contribution in [0.5, 0.6) is 0 Å². The minimum atomic E-state index is -0.907. The number of carbonyl (C=O) groups is 2. The molecule has 0 aliphatic heterocycles. The molecule has 0 aromatic heterocycles. The van der Waals surface area contributed by atoms with Crippen LogP contribution in [0.3, 0.4) is 0 Å². The van der Waals surface area contributed by atoms with Crippen molar-refractivity contribution in [1.29, 1.82) is 5.26 Å². The Hall–Kier alpha value is -2.55. The van der Waals surface area contributed by atoms with E-state index in [9.17, 15) is 9.59 Å². The minimum absolute atomic E-state index is 0.0266. The molecule has 21 heavy (non-hydrogen) atoms. The molecule has 0 saturated carbocycles. The predicted octanol–water partition coefficient (Wildman–Crippen LogP) is 2.63. The number of carboxylic acid groups (broad SMARTS) is 1. The molecule has 6 heteroatoms. The Bertz CT molecular complexity index is 588. The Morgan fingerprint density at radius 3 is 2.62 bits per heavy atom. The lowest BCUT2D eigenvalue weighted by Crippen LogP contribution is -2.45. The van der Waals surface area contributed by atoms with Crippen molar-refractivity contribution in [3.63, 3.8) is 0 Å². The predicted molar refractivity (Wildman–Crippen MR) is 79.0 cm³/mol. The lowest BCUT2D eigenvalue weighted by atomic mass is 9.99. The van der Waals surface area contributed by atoms with E-state index in [4.69, 9.17) is 10.4 Å². The van der Waals surface area contributed by atoms with E-state index in [-0.39, 0.29) is 6.42 Å². The number of nitriles is 1. The van der Waals surface area contributed by atoms with E-state index in [1.165, 1.54) is 0 Å². The Labute approximate surface area is 123 Å². The maximum Gasteiger partial charge on any atom is 0.319 e. The van der Waals surface area contributed by atoms with Crippen LogP contribution in [0.15, 0.2) is 18.2 Å². The number of aryl methyl sites for hydroxylation is 1. The van der Waals surface area contributed by atoms with Gasteiger partial charge in [0.05, 0.1) is 11.3 Å². The van der Waals surface area contributed by atoms with Crippen LogP contribution in [0.4, 0.5) is 10.5 Å². The van der Waals surface area contributed by atoms with E-state index in [1.807, 2.05) is 0 Å². The zero-order chi connectivity index (χ0) is 16.0. The van der Waals surface area contributed by atoms with E-state index in [0.717, 1.165) is 5.56 Å². The molecule has 0 unspecified atom stereocenters. The summed E-state index contributed by atoms with van der Waals surface area (Å²) < 4.78 is 0. The Kier molecular flexibility index (Phi) is 5.30. The number of hydrogen-bond donors (Lipinski definition) is 3. The first-order valence-corrected chi connectivity index (χ1v) is 6.56. The number of aliphatic carboxylic acids is 1. The summed E-state index contributed by atoms with van der Waals surface area (Å²) in [5, 5.41) is 23.1. The smallest absolute Gasteiger partial charge is 0.319 e. The van der Waals surface area contributed by atoms with E-state index in [2.05, 4.69) is 16.7 Å². The standard InChI is InChI=1S/C15H19N3O3/c1-10-5-4-6-12(11(10)9-16)17-14(21)18-15(2,3)8-7-13(19)20/h4-6H,7-8H2,1-3H3,(H,19,20)(H2,17,18,21). The first-order valence-electron chi connectivity index (χ1n) is 6.56. The Balaban J connectivity index is 2.72. The largest absolute Gasteiger partial charge is 0.481 e. The van der Waals surface area contributed by atoms with Gasteiger partial charge >= 0.3 is 12.0 Å². The third kappa shape index (κ3) is 5.15. The van der Waals surface area contributed by atoms with Crippen LogP contribution in [0, 0.1) is 18.3 Å². The summed E-state index contributed by atoms with van der Waals surface area (Å²) in [6.07, 6.45) is 0.288. The highest BCUT2D eigenvalue weighted by Gasteiger charge is 2.22. The fourth-order valence-corrected chi connectivity index (χ4v) is 1.86. The Morgan fingerprint density at radius 1 is 1.38 bits per heavy atom. The second-order valence-electron chi connectivity index (χ2n) is 5.47. The molecule has 6 nitrogen and oxygen atoms in total. The number of carboxylic acids is 1. The van der Waals surface area contributed by atoms with E-state index in [1.54, 1.807) is 39.0 Å². The van der Waals surface area contributed by atoms with Gasteiger partial charge in [0, 0.05) is 12.0 Å². The maximum absolute atomic E-state index is 12.0. The van der Waals surface area contributed by atoms with Crippen LogP contribution in [0.2, 0.25) is 0 Å². The van der Waals surface area contributed by atoms with Gasteiger partial charge in [-0.2, -0.15) is 5.26 Å². The van der Waals surface area contributed by atoms with Gasteiger partial charge in [-0.1, -0.05) is 12.1 Å². The molecule has 0 fully saturated rings. The van der Waals surface area contributed by atoms with Crippen molar-refractivity contribution in [3.8, 4) is 6.07 Å². The van der Waals surface area contributed by atoms with Gasteiger partial charge < -0.3 is 15.7 Å². The average Bonchev–Trinajstić information content (AvgIpc) is 2.36. The fourth-order valence-electron chi connectivity index (χ4n) is 1.86. The molecule has 0 atom stereocenters. The van der Waals surface area contributed by atoms with Gasteiger partial charge in [0.15, 0.2) is 0 Å².